The Hall–Kier alpha value is -7.54. The average Bonchev–Trinajstić information content (AvgIpc) is 0.901. The summed E-state index contributed by atoms with van der Waals surface area (Å²) < 4.78 is 5.59. The Morgan fingerprint density at radius 1 is 0.505 bits per heavy atom. The summed E-state index contributed by atoms with van der Waals surface area (Å²) >= 11 is 0. The van der Waals surface area contributed by atoms with Gasteiger partial charge in [0.05, 0.1) is 38.6 Å². The maximum Gasteiger partial charge on any atom is 0.326 e. The summed E-state index contributed by atoms with van der Waals surface area (Å²) in [5.74, 6) is -19.1. The van der Waals surface area contributed by atoms with E-state index in [1.165, 1.54) is 6.92 Å². The number of cyclic esters (lactones) is 1. The van der Waals surface area contributed by atoms with Crippen molar-refractivity contribution < 1.29 is 97.4 Å². The van der Waals surface area contributed by atoms with Crippen LogP contribution in [-0.4, -0.2) is 200 Å². The zero-order chi connectivity index (χ0) is 72.6. The van der Waals surface area contributed by atoms with Crippen LogP contribution in [0.25, 0.3) is 0 Å². The van der Waals surface area contributed by atoms with E-state index < -0.39 is 199 Å². The van der Waals surface area contributed by atoms with Gasteiger partial charge in [-0.15, -0.1) is 0 Å². The molecule has 14 unspecified atom stereocenters. The number of carboxylic acid groups (broad SMARTS) is 2. The average molecular weight is 1350 g/mol. The Kier molecular flexibility index (Phi) is 39.2. The summed E-state index contributed by atoms with van der Waals surface area (Å²) in [6.45, 7) is 21.2. The van der Waals surface area contributed by atoms with E-state index in [0.29, 0.717) is 12.8 Å². The summed E-state index contributed by atoms with van der Waals surface area (Å²) in [5.41, 5.74) is 0. The minimum atomic E-state index is -2.15. The van der Waals surface area contributed by atoms with Gasteiger partial charge in [-0.3, -0.25) is 62.3 Å². The molecule has 0 spiro atoms. The van der Waals surface area contributed by atoms with E-state index in [2.05, 4.69) is 65.4 Å². The molecule has 542 valence electrons. The highest BCUT2D eigenvalue weighted by Crippen LogP contribution is 2.17. The molecule has 31 heteroatoms. The van der Waals surface area contributed by atoms with E-state index in [9.17, 15) is 92.7 Å². The fraction of sp³-hybridized carbons (Fsp3) is 0.781. The molecule has 16 N–H and O–H groups in total. The second kappa shape index (κ2) is 43.5. The largest absolute Gasteiger partial charge is 0.481 e. The molecule has 0 bridgehead atoms. The van der Waals surface area contributed by atoms with Crippen LogP contribution in [0.2, 0.25) is 0 Å². The van der Waals surface area contributed by atoms with Gasteiger partial charge in [0.15, 0.2) is 0 Å². The highest BCUT2D eigenvalue weighted by atomic mass is 16.5. The molecule has 14 atom stereocenters. The lowest BCUT2D eigenvalue weighted by molar-refractivity contribution is -0.156. The van der Waals surface area contributed by atoms with Crippen molar-refractivity contribution in [2.45, 2.75) is 272 Å². The summed E-state index contributed by atoms with van der Waals surface area (Å²) in [6.07, 6.45) is -1.22. The molecule has 0 aromatic carbocycles. The lowest BCUT2D eigenvalue weighted by atomic mass is 9.96. The van der Waals surface area contributed by atoms with Crippen molar-refractivity contribution >= 4 is 82.9 Å². The van der Waals surface area contributed by atoms with Crippen molar-refractivity contribution in [2.24, 2.45) is 35.5 Å². The summed E-state index contributed by atoms with van der Waals surface area (Å²) in [4.78, 5) is 195. The minimum Gasteiger partial charge on any atom is -0.481 e. The van der Waals surface area contributed by atoms with Gasteiger partial charge in [-0.25, -0.2) is 4.79 Å². The molecule has 0 aliphatic carbocycles. The number of aliphatic hydroxyl groups is 3. The first-order valence-electron chi connectivity index (χ1n) is 33.2. The van der Waals surface area contributed by atoms with Gasteiger partial charge >= 0.3 is 17.9 Å². The third kappa shape index (κ3) is 32.6. The highest BCUT2D eigenvalue weighted by Gasteiger charge is 2.41. The highest BCUT2D eigenvalue weighted by molar-refractivity contribution is 6.00. The molecule has 1 saturated heterocycles. The van der Waals surface area contributed by atoms with Crippen LogP contribution in [0.3, 0.4) is 0 Å². The number of aliphatic hydroxyl groups excluding tert-OH is 3. The number of ether oxygens (including phenoxy) is 1. The van der Waals surface area contributed by atoms with Gasteiger partial charge < -0.3 is 88.8 Å². The molecular weight excluding hydrogens is 1240 g/mol. The van der Waals surface area contributed by atoms with Crippen LogP contribution in [0.1, 0.15) is 193 Å². The van der Waals surface area contributed by atoms with Crippen LogP contribution in [0.4, 0.5) is 0 Å². The van der Waals surface area contributed by atoms with Crippen LogP contribution in [0.5, 0.6) is 0 Å². The predicted molar refractivity (Wildman–Crippen MR) is 346 cm³/mol. The molecule has 1 aliphatic heterocycles. The molecule has 11 amide bonds. The number of esters is 1. The maximum atomic E-state index is 14.8. The first kappa shape index (κ1) is 85.5. The van der Waals surface area contributed by atoms with Gasteiger partial charge in [0.25, 0.3) is 0 Å². The topological polar surface area (TPSA) is 482 Å². The number of unbranched alkanes of at least 4 members (excludes halogenated alkanes) is 4. The number of carbonyl (C=O) groups excluding carboxylic acids is 12. The van der Waals surface area contributed by atoms with Crippen molar-refractivity contribution in [1.29, 1.82) is 0 Å². The first-order chi connectivity index (χ1) is 44.4. The Morgan fingerprint density at radius 2 is 0.926 bits per heavy atom. The molecule has 0 aromatic rings. The molecule has 0 aromatic heterocycles. The Labute approximate surface area is 557 Å². The normalized spacial score (nSPS) is 24.3. The maximum absolute atomic E-state index is 14.8. The molecule has 1 rings (SSSR count). The summed E-state index contributed by atoms with van der Waals surface area (Å²) in [7, 11) is 0. The van der Waals surface area contributed by atoms with Crippen LogP contribution in [0.15, 0.2) is 0 Å². The zero-order valence-corrected chi connectivity index (χ0v) is 57.9. The zero-order valence-electron chi connectivity index (χ0n) is 57.9. The quantitative estimate of drug-likeness (QED) is 0.0321. The van der Waals surface area contributed by atoms with Crippen molar-refractivity contribution in [3.8, 4) is 0 Å². The van der Waals surface area contributed by atoms with E-state index in [4.69, 9.17) is 4.74 Å². The number of nitrogens with one attached hydrogen (secondary N) is 11. The van der Waals surface area contributed by atoms with Crippen molar-refractivity contribution in [3.05, 3.63) is 0 Å². The van der Waals surface area contributed by atoms with E-state index in [1.807, 2.05) is 0 Å². The van der Waals surface area contributed by atoms with E-state index in [-0.39, 0.29) is 68.6 Å². The van der Waals surface area contributed by atoms with Crippen molar-refractivity contribution in [1.82, 2.24) is 58.5 Å². The van der Waals surface area contributed by atoms with Gasteiger partial charge in [-0.1, -0.05) is 129 Å². The summed E-state index contributed by atoms with van der Waals surface area (Å²) in [5, 5.41) is 78.7. The molecule has 1 aliphatic rings. The van der Waals surface area contributed by atoms with Gasteiger partial charge in [-0.2, -0.15) is 0 Å². The molecular formula is C64H111N11O20. The van der Waals surface area contributed by atoms with Gasteiger partial charge in [0, 0.05) is 0 Å². The standard InChI is InChI=1S/C64H111N11O20/c1-15-17-18-19-20-21-39(78)27-49(79)65-40(22-32(3)4)54(83)69-45(28-50(80)81)59(88)75-53-38(14)95-51(82)29-46(64(93)94)71-62(91)52(37(13)16-2)74-58(87)44(26-36(11)12)68-61(90)48(31-77)73-57(86)42(24-34(7)8)67-60(89)47(30-76)72-56(85)41(23-33(5)6)66-55(84)43(25-35(9)10)70-63(53)92/h32-48,52-53,76-78H,15-31H2,1-14H3,(H,65,79)(H,66,84)(H,67,89)(H,68,90)(H,69,83)(H,70,92)(H,71,91)(H,72,85)(H,73,86)(H,74,87)(H,75,88)(H,80,81)(H,93,94). The number of rotatable bonds is 30. The molecule has 95 heavy (non-hydrogen) atoms. The third-order valence-corrected chi connectivity index (χ3v) is 15.6. The SMILES string of the molecule is CCCCCCCC(O)CC(=O)NC(CC(C)C)C(=O)NC(CC(=O)O)C(=O)NC1C(=O)NC(CC(C)C)C(=O)NC(CC(C)C)C(=O)NC(CO)C(=O)NC(CC(C)C)C(=O)NC(CO)C(=O)NC(CC(C)C)C(=O)NC(C(C)CC)C(=O)NC(C(=O)O)CC(=O)OC1C. The number of hydrogen-bond acceptors (Lipinski definition) is 18. The smallest absolute Gasteiger partial charge is 0.326 e. The lowest BCUT2D eigenvalue weighted by Crippen LogP contribution is -2.62. The summed E-state index contributed by atoms with van der Waals surface area (Å²) in [6, 6.07) is -18.9. The fourth-order valence-electron chi connectivity index (χ4n) is 10.3. The number of hydrogen-bond donors (Lipinski definition) is 16. The minimum absolute atomic E-state index is 0.0328. The van der Waals surface area contributed by atoms with Crippen LogP contribution < -0.4 is 58.5 Å². The number of aliphatic carboxylic acids is 2. The number of carbonyl (C=O) groups is 14. The van der Waals surface area contributed by atoms with Crippen LogP contribution in [-0.2, 0) is 71.9 Å². The van der Waals surface area contributed by atoms with Gasteiger partial charge in [0.2, 0.25) is 65.0 Å². The fourth-order valence-corrected chi connectivity index (χ4v) is 10.3. The lowest BCUT2D eigenvalue weighted by Gasteiger charge is -2.30. The van der Waals surface area contributed by atoms with Gasteiger partial charge in [0.1, 0.15) is 72.6 Å². The molecule has 31 nitrogen and oxygen atoms in total. The predicted octanol–water partition coefficient (Wildman–Crippen LogP) is -0.413. The number of amides is 11. The second-order valence-electron chi connectivity index (χ2n) is 26.9. The monoisotopic (exact) mass is 1350 g/mol. The Balaban J connectivity index is 4.21. The molecule has 1 heterocycles. The van der Waals surface area contributed by atoms with Crippen LogP contribution >= 0.6 is 0 Å². The number of carboxylic acids is 2. The second-order valence-corrected chi connectivity index (χ2v) is 26.9. The third-order valence-electron chi connectivity index (χ3n) is 15.6. The molecule has 1 fully saturated rings. The van der Waals surface area contributed by atoms with E-state index in [1.54, 1.807) is 76.2 Å². The van der Waals surface area contributed by atoms with E-state index >= 15 is 0 Å². The Bertz CT molecular complexity index is 2570. The molecule has 0 radical (unpaired) electrons. The first-order valence-corrected chi connectivity index (χ1v) is 33.2. The van der Waals surface area contributed by atoms with Crippen molar-refractivity contribution in [2.75, 3.05) is 13.2 Å². The van der Waals surface area contributed by atoms with E-state index in [0.717, 1.165) is 32.6 Å². The van der Waals surface area contributed by atoms with Crippen molar-refractivity contribution in [3.63, 3.8) is 0 Å². The molecule has 0 saturated carbocycles. The Morgan fingerprint density at radius 3 is 1.33 bits per heavy atom. The van der Waals surface area contributed by atoms with Gasteiger partial charge in [-0.05, 0) is 81.0 Å². The van der Waals surface area contributed by atoms with Crippen LogP contribution in [0, 0.1) is 35.5 Å².